The molecule has 9 heteroatoms. The third-order valence-corrected chi connectivity index (χ3v) is 5.82. The quantitative estimate of drug-likeness (QED) is 0.817. The van der Waals surface area contributed by atoms with Gasteiger partial charge in [-0.2, -0.15) is 17.9 Å². The van der Waals surface area contributed by atoms with E-state index < -0.39 is 21.7 Å². The Labute approximate surface area is 129 Å². The van der Waals surface area contributed by atoms with Gasteiger partial charge in [-0.05, 0) is 53.5 Å². The van der Waals surface area contributed by atoms with Crippen LogP contribution in [0, 0.1) is 0 Å². The Hall–Kier alpha value is -0.640. The third kappa shape index (κ3) is 3.41. The van der Waals surface area contributed by atoms with Crippen LogP contribution in [0.1, 0.15) is 18.4 Å². The summed E-state index contributed by atoms with van der Waals surface area (Å²) in [6, 6.07) is 4.56. The predicted octanol–water partition coefficient (Wildman–Crippen LogP) is 2.54. The Morgan fingerprint density at radius 1 is 1.33 bits per heavy atom. The minimum Gasteiger partial charge on any atom is -0.316 e. The van der Waals surface area contributed by atoms with Gasteiger partial charge in [0.05, 0.1) is 4.90 Å². The second-order valence-corrected chi connectivity index (χ2v) is 7.49. The second-order valence-electron chi connectivity index (χ2n) is 4.98. The van der Waals surface area contributed by atoms with E-state index in [-0.39, 0.29) is 22.2 Å². The Morgan fingerprint density at radius 2 is 1.95 bits per heavy atom. The number of alkyl halides is 3. The van der Waals surface area contributed by atoms with Gasteiger partial charge >= 0.3 is 6.18 Å². The Bertz CT molecular complexity index is 642. The van der Waals surface area contributed by atoms with Crippen LogP contribution in [-0.2, 0) is 16.6 Å². The van der Waals surface area contributed by atoms with Gasteiger partial charge in [0.25, 0.3) is 0 Å². The molecule has 1 aliphatic carbocycles. The van der Waals surface area contributed by atoms with Crippen LogP contribution < -0.4 is 10.0 Å². The summed E-state index contributed by atoms with van der Waals surface area (Å²) in [7, 11) is -2.56. The number of halogens is 4. The molecule has 0 saturated heterocycles. The maximum Gasteiger partial charge on any atom is 0.407 e. The van der Waals surface area contributed by atoms with Crippen molar-refractivity contribution in [2.75, 3.05) is 7.05 Å². The van der Waals surface area contributed by atoms with Crippen LogP contribution >= 0.6 is 15.9 Å². The largest absolute Gasteiger partial charge is 0.407 e. The topological polar surface area (TPSA) is 58.2 Å². The molecule has 0 unspecified atom stereocenters. The predicted molar refractivity (Wildman–Crippen MR) is 75.2 cm³/mol. The van der Waals surface area contributed by atoms with Crippen LogP contribution in [0.3, 0.4) is 0 Å². The lowest BCUT2D eigenvalue weighted by Crippen LogP contribution is -2.47. The van der Waals surface area contributed by atoms with E-state index in [9.17, 15) is 21.6 Å². The zero-order chi connectivity index (χ0) is 15.9. The summed E-state index contributed by atoms with van der Waals surface area (Å²) in [5, 5.41) is 2.86. The van der Waals surface area contributed by atoms with Crippen LogP contribution in [0.4, 0.5) is 13.2 Å². The average molecular weight is 387 g/mol. The highest BCUT2D eigenvalue weighted by atomic mass is 79.9. The molecule has 0 aromatic heterocycles. The van der Waals surface area contributed by atoms with Crippen molar-refractivity contribution < 1.29 is 21.6 Å². The molecule has 0 bridgehead atoms. The fourth-order valence-electron chi connectivity index (χ4n) is 1.95. The second kappa shape index (κ2) is 5.53. The van der Waals surface area contributed by atoms with Gasteiger partial charge in [0, 0.05) is 11.0 Å². The van der Waals surface area contributed by atoms with Gasteiger partial charge in [-0.25, -0.2) is 8.42 Å². The Kier molecular flexibility index (Phi) is 4.40. The Balaban J connectivity index is 2.34. The molecule has 2 N–H and O–H groups in total. The summed E-state index contributed by atoms with van der Waals surface area (Å²) in [4.78, 5) is -0.189. The van der Waals surface area contributed by atoms with Gasteiger partial charge in [-0.15, -0.1) is 0 Å². The fraction of sp³-hybridized carbons (Fsp3) is 0.500. The molecule has 1 saturated carbocycles. The lowest BCUT2D eigenvalue weighted by Gasteiger charge is -2.21. The standard InChI is InChI=1S/C12H14BrF3N2O2S/c1-17-7-8-2-3-9(13)10(6-8)21(19,20)18-11(4-5-11)12(14,15)16/h2-3,6,17-18H,4-5,7H2,1H3. The molecule has 1 aromatic rings. The number of hydrogen-bond acceptors (Lipinski definition) is 3. The van der Waals surface area contributed by atoms with Crippen LogP contribution in [0.2, 0.25) is 0 Å². The molecule has 0 amide bonds. The first-order valence-corrected chi connectivity index (χ1v) is 8.43. The number of hydrogen-bond donors (Lipinski definition) is 2. The van der Waals surface area contributed by atoms with E-state index in [0.29, 0.717) is 12.1 Å². The first-order valence-electron chi connectivity index (χ1n) is 6.15. The third-order valence-electron chi connectivity index (χ3n) is 3.29. The van der Waals surface area contributed by atoms with Gasteiger partial charge in [0.1, 0.15) is 5.54 Å². The van der Waals surface area contributed by atoms with Crippen LogP contribution in [-0.4, -0.2) is 27.2 Å². The number of nitrogens with one attached hydrogen (secondary N) is 2. The molecule has 0 heterocycles. The van der Waals surface area contributed by atoms with Crippen LogP contribution in [0.25, 0.3) is 0 Å². The van der Waals surface area contributed by atoms with E-state index in [4.69, 9.17) is 0 Å². The first-order chi connectivity index (χ1) is 9.61. The average Bonchev–Trinajstić information content (AvgIpc) is 3.11. The van der Waals surface area contributed by atoms with E-state index in [0.717, 1.165) is 0 Å². The van der Waals surface area contributed by atoms with Crippen molar-refractivity contribution in [3.05, 3.63) is 28.2 Å². The van der Waals surface area contributed by atoms with E-state index >= 15 is 0 Å². The zero-order valence-corrected chi connectivity index (χ0v) is 13.5. The lowest BCUT2D eigenvalue weighted by atomic mass is 10.2. The van der Waals surface area contributed by atoms with Crippen LogP contribution in [0.15, 0.2) is 27.6 Å². The molecule has 4 nitrogen and oxygen atoms in total. The normalized spacial score (nSPS) is 17.8. The summed E-state index contributed by atoms with van der Waals surface area (Å²) in [5.41, 5.74) is -1.65. The molecule has 0 atom stereocenters. The molecule has 0 spiro atoms. The molecule has 1 aromatic carbocycles. The van der Waals surface area contributed by atoms with Gasteiger partial charge < -0.3 is 5.32 Å². The van der Waals surface area contributed by atoms with Crippen molar-refractivity contribution >= 4 is 26.0 Å². The van der Waals surface area contributed by atoms with Crippen molar-refractivity contribution in [3.63, 3.8) is 0 Å². The van der Waals surface area contributed by atoms with E-state index in [1.54, 1.807) is 17.8 Å². The van der Waals surface area contributed by atoms with Crippen LogP contribution in [0.5, 0.6) is 0 Å². The first kappa shape index (κ1) is 16.7. The summed E-state index contributed by atoms with van der Waals surface area (Å²) in [6.07, 6.45) is -5.05. The van der Waals surface area contributed by atoms with Gasteiger partial charge in [-0.1, -0.05) is 6.07 Å². The minimum absolute atomic E-state index is 0.189. The fourth-order valence-corrected chi connectivity index (χ4v) is 4.41. The molecule has 2 rings (SSSR count). The molecule has 1 aliphatic rings. The molecular weight excluding hydrogens is 373 g/mol. The number of benzene rings is 1. The SMILES string of the molecule is CNCc1ccc(Br)c(S(=O)(=O)NC2(C(F)(F)F)CC2)c1. The highest BCUT2D eigenvalue weighted by Crippen LogP contribution is 2.49. The maximum absolute atomic E-state index is 12.9. The molecule has 0 aliphatic heterocycles. The monoisotopic (exact) mass is 386 g/mol. The summed E-state index contributed by atoms with van der Waals surface area (Å²) >= 11 is 3.07. The van der Waals surface area contributed by atoms with Crippen molar-refractivity contribution in [1.29, 1.82) is 0 Å². The molecule has 0 radical (unpaired) electrons. The minimum atomic E-state index is -4.59. The maximum atomic E-state index is 12.9. The van der Waals surface area contributed by atoms with E-state index in [2.05, 4.69) is 21.2 Å². The van der Waals surface area contributed by atoms with Crippen molar-refractivity contribution in [3.8, 4) is 0 Å². The molecule has 1 fully saturated rings. The molecule has 118 valence electrons. The highest BCUT2D eigenvalue weighted by molar-refractivity contribution is 9.10. The van der Waals surface area contributed by atoms with Gasteiger partial charge in [-0.3, -0.25) is 0 Å². The number of sulfonamides is 1. The summed E-state index contributed by atoms with van der Waals surface area (Å²) in [6.45, 7) is 0.417. The van der Waals surface area contributed by atoms with E-state index in [1.165, 1.54) is 12.1 Å². The van der Waals surface area contributed by atoms with E-state index in [1.807, 2.05) is 0 Å². The smallest absolute Gasteiger partial charge is 0.316 e. The van der Waals surface area contributed by atoms with Crippen molar-refractivity contribution in [2.24, 2.45) is 0 Å². The van der Waals surface area contributed by atoms with Crippen molar-refractivity contribution in [1.82, 2.24) is 10.0 Å². The summed E-state index contributed by atoms with van der Waals surface area (Å²) in [5.74, 6) is 0. The lowest BCUT2D eigenvalue weighted by molar-refractivity contribution is -0.160. The molecule has 21 heavy (non-hydrogen) atoms. The molecular formula is C12H14BrF3N2O2S. The van der Waals surface area contributed by atoms with Gasteiger partial charge in [0.15, 0.2) is 0 Å². The Morgan fingerprint density at radius 3 is 2.43 bits per heavy atom. The zero-order valence-electron chi connectivity index (χ0n) is 11.1. The number of rotatable bonds is 5. The van der Waals surface area contributed by atoms with Gasteiger partial charge in [0.2, 0.25) is 10.0 Å². The van der Waals surface area contributed by atoms with Crippen molar-refractivity contribution in [2.45, 2.75) is 36.0 Å². The highest BCUT2D eigenvalue weighted by Gasteiger charge is 2.65. The summed E-state index contributed by atoms with van der Waals surface area (Å²) < 4.78 is 65.2.